The number of ether oxygens (including phenoxy) is 2. The minimum atomic E-state index is -0.589. The van der Waals surface area contributed by atoms with Crippen LogP contribution in [0.5, 0.6) is 11.6 Å². The second-order valence-electron chi connectivity index (χ2n) is 5.71. The Morgan fingerprint density at radius 3 is 2.44 bits per heavy atom. The summed E-state index contributed by atoms with van der Waals surface area (Å²) in [6.45, 7) is 0. The Labute approximate surface area is 155 Å². The predicted molar refractivity (Wildman–Crippen MR) is 99.2 cm³/mol. The molecule has 0 radical (unpaired) electrons. The Morgan fingerprint density at radius 1 is 1.00 bits per heavy atom. The maximum atomic E-state index is 12.3. The standard InChI is InChI=1S/C21H16N2O4/c1-25-17-11-9-16(10-12-17)23-20(27-21(24)19-8-5-13-26-19)14-18(22-23)15-6-3-2-4-7-15/h2-14H,1H3. The average Bonchev–Trinajstić information content (AvgIpc) is 3.39. The van der Waals surface area contributed by atoms with Crippen molar-refractivity contribution in [3.05, 3.63) is 84.8 Å². The molecule has 0 saturated heterocycles. The Balaban J connectivity index is 1.75. The lowest BCUT2D eigenvalue weighted by molar-refractivity contribution is 0.0689. The quantitative estimate of drug-likeness (QED) is 0.495. The van der Waals surface area contributed by atoms with Crippen molar-refractivity contribution in [2.75, 3.05) is 7.11 Å². The molecule has 0 fully saturated rings. The van der Waals surface area contributed by atoms with Crippen molar-refractivity contribution in [1.82, 2.24) is 9.78 Å². The van der Waals surface area contributed by atoms with E-state index in [0.717, 1.165) is 17.0 Å². The molecule has 0 aliphatic carbocycles. The molecule has 0 N–H and O–H groups in total. The lowest BCUT2D eigenvalue weighted by atomic mass is 10.2. The van der Waals surface area contributed by atoms with Crippen molar-refractivity contribution >= 4 is 5.97 Å². The number of rotatable bonds is 5. The molecular weight excluding hydrogens is 344 g/mol. The summed E-state index contributed by atoms with van der Waals surface area (Å²) in [6.07, 6.45) is 1.42. The number of nitrogens with zero attached hydrogens (tertiary/aromatic N) is 2. The summed E-state index contributed by atoms with van der Waals surface area (Å²) in [5, 5.41) is 4.61. The van der Waals surface area contributed by atoms with Gasteiger partial charge in [0.05, 0.1) is 24.8 Å². The summed E-state index contributed by atoms with van der Waals surface area (Å²) in [5.74, 6) is 0.553. The van der Waals surface area contributed by atoms with Gasteiger partial charge in [-0.15, -0.1) is 0 Å². The van der Waals surface area contributed by atoms with E-state index in [9.17, 15) is 4.79 Å². The normalized spacial score (nSPS) is 10.6. The first-order valence-electron chi connectivity index (χ1n) is 8.30. The Bertz CT molecular complexity index is 1040. The van der Waals surface area contributed by atoms with Crippen LogP contribution in [0.15, 0.2) is 83.5 Å². The SMILES string of the molecule is COc1ccc(-n2nc(-c3ccccc3)cc2OC(=O)c2ccco2)cc1. The van der Waals surface area contributed by atoms with Gasteiger partial charge in [0.2, 0.25) is 11.6 Å². The second kappa shape index (κ2) is 7.21. The lowest BCUT2D eigenvalue weighted by Gasteiger charge is -2.07. The number of methoxy groups -OCH3 is 1. The monoisotopic (exact) mass is 360 g/mol. The molecule has 6 nitrogen and oxygen atoms in total. The highest BCUT2D eigenvalue weighted by molar-refractivity contribution is 5.88. The van der Waals surface area contributed by atoms with Crippen molar-refractivity contribution in [3.63, 3.8) is 0 Å². The minimum absolute atomic E-state index is 0.124. The largest absolute Gasteiger partial charge is 0.497 e. The number of benzene rings is 2. The molecule has 2 aromatic carbocycles. The average molecular weight is 360 g/mol. The van der Waals surface area contributed by atoms with Gasteiger partial charge in [-0.25, -0.2) is 4.79 Å². The topological polar surface area (TPSA) is 66.5 Å². The molecule has 0 amide bonds. The van der Waals surface area contributed by atoms with Crippen LogP contribution < -0.4 is 9.47 Å². The molecular formula is C21H16N2O4. The van der Waals surface area contributed by atoms with Gasteiger partial charge in [0, 0.05) is 11.6 Å². The van der Waals surface area contributed by atoms with Crippen LogP contribution in [0, 0.1) is 0 Å². The number of carbonyl (C=O) groups is 1. The molecule has 2 aromatic heterocycles. The zero-order chi connectivity index (χ0) is 18.6. The molecule has 4 aromatic rings. The molecule has 0 atom stereocenters. The summed E-state index contributed by atoms with van der Waals surface area (Å²) in [5.41, 5.74) is 2.34. The molecule has 2 heterocycles. The van der Waals surface area contributed by atoms with Crippen LogP contribution in [0.1, 0.15) is 10.6 Å². The Morgan fingerprint density at radius 2 is 1.78 bits per heavy atom. The van der Waals surface area contributed by atoms with Gasteiger partial charge in [-0.3, -0.25) is 0 Å². The van der Waals surface area contributed by atoms with Gasteiger partial charge in [0.25, 0.3) is 0 Å². The van der Waals surface area contributed by atoms with Gasteiger partial charge >= 0.3 is 5.97 Å². The number of carbonyl (C=O) groups excluding carboxylic acids is 1. The highest BCUT2D eigenvalue weighted by Crippen LogP contribution is 2.27. The molecule has 134 valence electrons. The van der Waals surface area contributed by atoms with E-state index >= 15 is 0 Å². The van der Waals surface area contributed by atoms with Gasteiger partial charge < -0.3 is 13.9 Å². The molecule has 0 saturated carbocycles. The van der Waals surface area contributed by atoms with Crippen molar-refractivity contribution < 1.29 is 18.7 Å². The molecule has 0 bridgehead atoms. The van der Waals surface area contributed by atoms with Crippen LogP contribution in [-0.4, -0.2) is 22.9 Å². The zero-order valence-corrected chi connectivity index (χ0v) is 14.5. The summed E-state index contributed by atoms with van der Waals surface area (Å²) >= 11 is 0. The van der Waals surface area contributed by atoms with E-state index < -0.39 is 5.97 Å². The fourth-order valence-electron chi connectivity index (χ4n) is 2.64. The molecule has 4 rings (SSSR count). The fraction of sp³-hybridized carbons (Fsp3) is 0.0476. The first-order chi connectivity index (χ1) is 13.2. The third kappa shape index (κ3) is 3.46. The van der Waals surface area contributed by atoms with Crippen LogP contribution >= 0.6 is 0 Å². The summed E-state index contributed by atoms with van der Waals surface area (Å²) < 4.78 is 17.4. The third-order valence-electron chi connectivity index (χ3n) is 3.98. The summed E-state index contributed by atoms with van der Waals surface area (Å²) in [6, 6.07) is 21.9. The third-order valence-corrected chi connectivity index (χ3v) is 3.98. The van der Waals surface area contributed by atoms with Gasteiger partial charge in [0.1, 0.15) is 5.75 Å². The maximum Gasteiger partial charge on any atom is 0.380 e. The number of hydrogen-bond donors (Lipinski definition) is 0. The Hall–Kier alpha value is -3.80. The molecule has 0 aliphatic heterocycles. The van der Waals surface area contributed by atoms with Gasteiger partial charge in [0.15, 0.2) is 0 Å². The van der Waals surface area contributed by atoms with E-state index in [1.807, 2.05) is 54.6 Å². The van der Waals surface area contributed by atoms with E-state index in [1.54, 1.807) is 30.0 Å². The molecule has 6 heteroatoms. The van der Waals surface area contributed by atoms with Crippen LogP contribution in [0.2, 0.25) is 0 Å². The number of esters is 1. The molecule has 0 aliphatic rings. The van der Waals surface area contributed by atoms with Crippen LogP contribution in [-0.2, 0) is 0 Å². The van der Waals surface area contributed by atoms with Gasteiger partial charge in [-0.2, -0.15) is 9.78 Å². The Kier molecular flexibility index (Phi) is 4.45. The van der Waals surface area contributed by atoms with Crippen molar-refractivity contribution in [2.24, 2.45) is 0 Å². The molecule has 0 spiro atoms. The van der Waals surface area contributed by atoms with E-state index in [1.165, 1.54) is 6.26 Å². The maximum absolute atomic E-state index is 12.3. The number of hydrogen-bond acceptors (Lipinski definition) is 5. The highest BCUT2D eigenvalue weighted by Gasteiger charge is 2.18. The highest BCUT2D eigenvalue weighted by atomic mass is 16.6. The second-order valence-corrected chi connectivity index (χ2v) is 5.71. The molecule has 0 unspecified atom stereocenters. The van der Waals surface area contributed by atoms with E-state index in [4.69, 9.17) is 13.9 Å². The number of aromatic nitrogens is 2. The zero-order valence-electron chi connectivity index (χ0n) is 14.5. The summed E-state index contributed by atoms with van der Waals surface area (Å²) in [4.78, 5) is 12.3. The summed E-state index contributed by atoms with van der Waals surface area (Å²) in [7, 11) is 1.60. The smallest absolute Gasteiger partial charge is 0.380 e. The van der Waals surface area contributed by atoms with Gasteiger partial charge in [-0.05, 0) is 36.4 Å². The van der Waals surface area contributed by atoms with E-state index in [0.29, 0.717) is 11.6 Å². The van der Waals surface area contributed by atoms with Crippen LogP contribution in [0.25, 0.3) is 16.9 Å². The first kappa shape index (κ1) is 16.7. The number of furan rings is 1. The predicted octanol–water partition coefficient (Wildman–Crippen LogP) is 4.36. The molecule has 27 heavy (non-hydrogen) atoms. The van der Waals surface area contributed by atoms with Gasteiger partial charge in [-0.1, -0.05) is 30.3 Å². The van der Waals surface area contributed by atoms with E-state index in [-0.39, 0.29) is 5.76 Å². The van der Waals surface area contributed by atoms with E-state index in [2.05, 4.69) is 5.10 Å². The first-order valence-corrected chi connectivity index (χ1v) is 8.30. The van der Waals surface area contributed by atoms with Crippen LogP contribution in [0.3, 0.4) is 0 Å². The van der Waals surface area contributed by atoms with Crippen molar-refractivity contribution in [1.29, 1.82) is 0 Å². The minimum Gasteiger partial charge on any atom is -0.497 e. The lowest BCUT2D eigenvalue weighted by Crippen LogP contribution is -2.11. The van der Waals surface area contributed by atoms with Crippen LogP contribution in [0.4, 0.5) is 0 Å². The van der Waals surface area contributed by atoms with Crippen molar-refractivity contribution in [2.45, 2.75) is 0 Å². The van der Waals surface area contributed by atoms with Crippen molar-refractivity contribution in [3.8, 4) is 28.6 Å². The fourth-order valence-corrected chi connectivity index (χ4v) is 2.64.